The van der Waals surface area contributed by atoms with Crippen LogP contribution < -0.4 is 9.05 Å². The van der Waals surface area contributed by atoms with Crippen LogP contribution in [-0.4, -0.2) is 12.5 Å². The molecule has 0 spiro atoms. The Bertz CT molecular complexity index is 613. The SMILES string of the molecule is CCO/C(C)=N\P(=O)(Oc1ccccc1)Oc1ccccc1. The standard InChI is InChI=1S/C16H18NO4P/c1-3-19-14(2)17-22(18,20-15-10-6-4-7-11-15)21-16-12-8-5-9-13-16/h4-13H,3H2,1-2H3/b17-14-. The van der Waals surface area contributed by atoms with Gasteiger partial charge in [0.15, 0.2) is 5.90 Å². The zero-order valence-electron chi connectivity index (χ0n) is 12.5. The van der Waals surface area contributed by atoms with Gasteiger partial charge in [-0.15, -0.1) is 4.76 Å². The second-order valence-electron chi connectivity index (χ2n) is 4.33. The Hall–Kier alpha value is -2.26. The lowest BCUT2D eigenvalue weighted by molar-refractivity contribution is 0.322. The molecule has 0 aliphatic rings. The summed E-state index contributed by atoms with van der Waals surface area (Å²) in [5, 5.41) is 0. The highest BCUT2D eigenvalue weighted by molar-refractivity contribution is 7.53. The first kappa shape index (κ1) is 16.1. The van der Waals surface area contributed by atoms with Crippen LogP contribution in [0.1, 0.15) is 13.8 Å². The largest absolute Gasteiger partial charge is 0.566 e. The van der Waals surface area contributed by atoms with Crippen molar-refractivity contribution in [3.63, 3.8) is 0 Å². The third kappa shape index (κ3) is 4.93. The summed E-state index contributed by atoms with van der Waals surface area (Å²) in [6.45, 7) is 3.85. The van der Waals surface area contributed by atoms with Crippen LogP contribution in [0.15, 0.2) is 65.4 Å². The van der Waals surface area contributed by atoms with E-state index in [2.05, 4.69) is 4.76 Å². The Balaban J connectivity index is 2.27. The fraction of sp³-hybridized carbons (Fsp3) is 0.188. The predicted octanol–water partition coefficient (Wildman–Crippen LogP) is 4.71. The summed E-state index contributed by atoms with van der Waals surface area (Å²) in [5.41, 5.74) is 0. The van der Waals surface area contributed by atoms with Crippen molar-refractivity contribution in [2.75, 3.05) is 6.61 Å². The van der Waals surface area contributed by atoms with E-state index in [1.54, 1.807) is 55.5 Å². The van der Waals surface area contributed by atoms with E-state index in [1.807, 2.05) is 19.1 Å². The molecule has 0 aliphatic carbocycles. The van der Waals surface area contributed by atoms with Crippen LogP contribution >= 0.6 is 7.75 Å². The minimum atomic E-state index is -3.79. The summed E-state index contributed by atoms with van der Waals surface area (Å²) in [4.78, 5) is 0. The van der Waals surface area contributed by atoms with Gasteiger partial charge in [-0.25, -0.2) is 4.57 Å². The maximum atomic E-state index is 12.9. The third-order valence-electron chi connectivity index (χ3n) is 2.54. The van der Waals surface area contributed by atoms with Crippen LogP contribution in [0.5, 0.6) is 11.5 Å². The van der Waals surface area contributed by atoms with Crippen molar-refractivity contribution < 1.29 is 18.3 Å². The number of ether oxygens (including phenoxy) is 1. The Morgan fingerprint density at radius 1 is 0.955 bits per heavy atom. The van der Waals surface area contributed by atoms with Gasteiger partial charge in [0.2, 0.25) is 0 Å². The first-order valence-electron chi connectivity index (χ1n) is 6.90. The fourth-order valence-electron chi connectivity index (χ4n) is 1.70. The molecule has 2 aromatic rings. The van der Waals surface area contributed by atoms with Crippen LogP contribution in [0, 0.1) is 0 Å². The average Bonchev–Trinajstić information content (AvgIpc) is 2.49. The van der Waals surface area contributed by atoms with Crippen molar-refractivity contribution in [2.24, 2.45) is 4.76 Å². The van der Waals surface area contributed by atoms with Gasteiger partial charge in [-0.05, 0) is 31.2 Å². The van der Waals surface area contributed by atoms with Gasteiger partial charge in [0.25, 0.3) is 0 Å². The van der Waals surface area contributed by atoms with Gasteiger partial charge in [0, 0.05) is 6.92 Å². The highest BCUT2D eigenvalue weighted by Crippen LogP contribution is 2.50. The second-order valence-corrected chi connectivity index (χ2v) is 5.83. The smallest absolute Gasteiger partial charge is 0.481 e. The molecular weight excluding hydrogens is 301 g/mol. The molecule has 0 amide bonds. The molecule has 0 heterocycles. The second kappa shape index (κ2) is 7.66. The summed E-state index contributed by atoms with van der Waals surface area (Å²) in [5.74, 6) is 1.07. The number of para-hydroxylation sites is 2. The minimum Gasteiger partial charge on any atom is -0.481 e. The summed E-state index contributed by atoms with van der Waals surface area (Å²) < 4.78 is 33.1. The van der Waals surface area contributed by atoms with E-state index >= 15 is 0 Å². The van der Waals surface area contributed by atoms with Gasteiger partial charge in [-0.1, -0.05) is 36.4 Å². The number of hydrogen-bond donors (Lipinski definition) is 0. The highest BCUT2D eigenvalue weighted by Gasteiger charge is 2.29. The Morgan fingerprint density at radius 2 is 1.41 bits per heavy atom. The maximum absolute atomic E-state index is 12.9. The van der Waals surface area contributed by atoms with Crippen molar-refractivity contribution in [3.8, 4) is 11.5 Å². The highest BCUT2D eigenvalue weighted by atomic mass is 31.2. The van der Waals surface area contributed by atoms with Crippen molar-refractivity contribution in [2.45, 2.75) is 13.8 Å². The van der Waals surface area contributed by atoms with Gasteiger partial charge < -0.3 is 13.8 Å². The van der Waals surface area contributed by atoms with Crippen molar-refractivity contribution in [3.05, 3.63) is 60.7 Å². The molecule has 0 aliphatic heterocycles. The molecule has 2 aromatic carbocycles. The summed E-state index contributed by atoms with van der Waals surface area (Å²) >= 11 is 0. The Kier molecular flexibility index (Phi) is 5.61. The van der Waals surface area contributed by atoms with E-state index in [1.165, 1.54) is 0 Å². The van der Waals surface area contributed by atoms with E-state index in [-0.39, 0.29) is 5.90 Å². The summed E-state index contributed by atoms with van der Waals surface area (Å²) in [6, 6.07) is 17.5. The normalized spacial score (nSPS) is 11.8. The Labute approximate surface area is 130 Å². The van der Waals surface area contributed by atoms with Crippen molar-refractivity contribution in [1.82, 2.24) is 0 Å². The first-order valence-corrected chi connectivity index (χ1v) is 8.40. The van der Waals surface area contributed by atoms with Crippen LogP contribution in [0.25, 0.3) is 0 Å². The van der Waals surface area contributed by atoms with Gasteiger partial charge >= 0.3 is 7.75 Å². The zero-order valence-corrected chi connectivity index (χ0v) is 13.4. The molecule has 0 fully saturated rings. The molecule has 22 heavy (non-hydrogen) atoms. The van der Waals surface area contributed by atoms with Crippen LogP contribution in [0.4, 0.5) is 0 Å². The maximum Gasteiger partial charge on any atom is 0.566 e. The Morgan fingerprint density at radius 3 is 1.82 bits per heavy atom. The monoisotopic (exact) mass is 319 g/mol. The van der Waals surface area contributed by atoms with E-state index in [9.17, 15) is 4.57 Å². The molecule has 116 valence electrons. The van der Waals surface area contributed by atoms with Gasteiger partial charge in [0.05, 0.1) is 6.61 Å². The lowest BCUT2D eigenvalue weighted by Crippen LogP contribution is -2.04. The van der Waals surface area contributed by atoms with Crippen molar-refractivity contribution in [1.29, 1.82) is 0 Å². The predicted molar refractivity (Wildman–Crippen MR) is 86.5 cm³/mol. The van der Waals surface area contributed by atoms with E-state index < -0.39 is 7.75 Å². The number of hydrogen-bond acceptors (Lipinski definition) is 4. The quantitative estimate of drug-likeness (QED) is 0.439. The molecule has 0 radical (unpaired) electrons. The molecule has 2 rings (SSSR count). The minimum absolute atomic E-state index is 0.248. The molecule has 0 N–H and O–H groups in total. The van der Waals surface area contributed by atoms with E-state index in [0.717, 1.165) is 0 Å². The lowest BCUT2D eigenvalue weighted by Gasteiger charge is -2.16. The molecule has 6 heteroatoms. The summed E-state index contributed by atoms with van der Waals surface area (Å²) in [7, 11) is -3.79. The molecule has 0 atom stereocenters. The lowest BCUT2D eigenvalue weighted by atomic mass is 10.3. The number of rotatable bonds is 6. The van der Waals surface area contributed by atoms with Crippen LogP contribution in [0.2, 0.25) is 0 Å². The topological polar surface area (TPSA) is 57.1 Å². The van der Waals surface area contributed by atoms with E-state index in [0.29, 0.717) is 18.1 Å². The number of nitrogens with zero attached hydrogens (tertiary/aromatic N) is 1. The molecule has 0 saturated heterocycles. The van der Waals surface area contributed by atoms with Gasteiger partial charge in [0.1, 0.15) is 11.5 Å². The molecule has 0 unspecified atom stereocenters. The van der Waals surface area contributed by atoms with Gasteiger partial charge in [-0.3, -0.25) is 0 Å². The molecule has 5 nitrogen and oxygen atoms in total. The van der Waals surface area contributed by atoms with Gasteiger partial charge in [-0.2, -0.15) is 0 Å². The van der Waals surface area contributed by atoms with Crippen LogP contribution in [0.3, 0.4) is 0 Å². The molecule has 0 saturated carbocycles. The molecule has 0 aromatic heterocycles. The fourth-order valence-corrected chi connectivity index (χ4v) is 3.00. The van der Waals surface area contributed by atoms with Crippen LogP contribution in [-0.2, 0) is 9.30 Å². The first-order chi connectivity index (χ1) is 10.6. The third-order valence-corrected chi connectivity index (χ3v) is 3.95. The summed E-state index contributed by atoms with van der Waals surface area (Å²) in [6.07, 6.45) is 0. The molecular formula is C16H18NO4P. The van der Waals surface area contributed by atoms with E-state index in [4.69, 9.17) is 13.8 Å². The number of benzene rings is 2. The average molecular weight is 319 g/mol. The zero-order chi connectivity index (χ0) is 15.8. The van der Waals surface area contributed by atoms with Crippen molar-refractivity contribution >= 4 is 13.6 Å². The molecule has 0 bridgehead atoms.